The molecular weight excluding hydrogens is 310 g/mol. The van der Waals surface area contributed by atoms with E-state index >= 15 is 0 Å². The van der Waals surface area contributed by atoms with Crippen molar-refractivity contribution >= 4 is 21.6 Å². The van der Waals surface area contributed by atoms with Crippen molar-refractivity contribution in [1.82, 2.24) is 4.31 Å². The molecule has 1 heterocycles. The van der Waals surface area contributed by atoms with Crippen LogP contribution in [-0.4, -0.2) is 38.0 Å². The highest BCUT2D eigenvalue weighted by molar-refractivity contribution is 7.89. The van der Waals surface area contributed by atoms with Gasteiger partial charge in [-0.25, -0.2) is 8.42 Å². The number of aryl methyl sites for hydroxylation is 2. The molecule has 0 spiro atoms. The number of hydrogen-bond acceptors (Lipinski definition) is 3. The van der Waals surface area contributed by atoms with E-state index in [1.165, 1.54) is 4.31 Å². The van der Waals surface area contributed by atoms with Gasteiger partial charge in [-0.05, 0) is 50.5 Å². The maximum absolute atomic E-state index is 12.9. The van der Waals surface area contributed by atoms with E-state index in [1.807, 2.05) is 33.8 Å². The summed E-state index contributed by atoms with van der Waals surface area (Å²) in [5, 5.41) is 0. The summed E-state index contributed by atoms with van der Waals surface area (Å²) in [6, 6.07) is 3.59. The minimum absolute atomic E-state index is 0.0956. The Kier molecular flexibility index (Phi) is 4.98. The van der Waals surface area contributed by atoms with E-state index in [1.54, 1.807) is 6.07 Å². The molecule has 21 heavy (non-hydrogen) atoms. The van der Waals surface area contributed by atoms with Crippen molar-refractivity contribution in [2.24, 2.45) is 0 Å². The smallest absolute Gasteiger partial charge is 0.243 e. The molecular formula is C15H22ClNO3S. The quantitative estimate of drug-likeness (QED) is 0.800. The molecule has 118 valence electrons. The first kappa shape index (κ1) is 16.7. The largest absolute Gasteiger partial charge is 0.373 e. The van der Waals surface area contributed by atoms with Crippen molar-refractivity contribution in [3.05, 3.63) is 28.8 Å². The van der Waals surface area contributed by atoms with Gasteiger partial charge in [-0.1, -0.05) is 6.07 Å². The molecule has 4 nitrogen and oxygen atoms in total. The molecule has 0 radical (unpaired) electrons. The third-order valence-corrected chi connectivity index (χ3v) is 6.04. The number of alkyl halides is 1. The van der Waals surface area contributed by atoms with Crippen LogP contribution in [0.5, 0.6) is 0 Å². The topological polar surface area (TPSA) is 46.6 Å². The molecule has 1 aliphatic heterocycles. The van der Waals surface area contributed by atoms with Crippen LogP contribution in [0.15, 0.2) is 17.0 Å². The number of ether oxygens (including phenoxy) is 1. The third-order valence-electron chi connectivity index (χ3n) is 3.78. The lowest BCUT2D eigenvalue weighted by Gasteiger charge is -2.34. The lowest BCUT2D eigenvalue weighted by molar-refractivity contribution is -0.0440. The molecule has 0 saturated carbocycles. The average Bonchev–Trinajstić information content (AvgIpc) is 2.37. The van der Waals surface area contributed by atoms with Gasteiger partial charge in [-0.15, -0.1) is 11.6 Å². The minimum Gasteiger partial charge on any atom is -0.373 e. The molecule has 0 aliphatic carbocycles. The molecule has 1 aliphatic rings. The van der Waals surface area contributed by atoms with Crippen molar-refractivity contribution in [3.63, 3.8) is 0 Å². The van der Waals surface area contributed by atoms with Crippen LogP contribution in [0, 0.1) is 13.8 Å². The van der Waals surface area contributed by atoms with E-state index < -0.39 is 10.0 Å². The average molecular weight is 332 g/mol. The Balaban J connectivity index is 2.44. The van der Waals surface area contributed by atoms with Crippen LogP contribution < -0.4 is 0 Å². The molecule has 2 unspecified atom stereocenters. The Morgan fingerprint density at radius 3 is 2.29 bits per heavy atom. The minimum atomic E-state index is -3.51. The lowest BCUT2D eigenvalue weighted by atomic mass is 10.1. The fourth-order valence-corrected chi connectivity index (χ4v) is 4.90. The Morgan fingerprint density at radius 1 is 1.19 bits per heavy atom. The first-order valence-corrected chi connectivity index (χ1v) is 9.05. The highest BCUT2D eigenvalue weighted by Crippen LogP contribution is 2.26. The summed E-state index contributed by atoms with van der Waals surface area (Å²) in [7, 11) is -3.51. The Hall–Kier alpha value is -0.620. The van der Waals surface area contributed by atoms with Gasteiger partial charge in [0.25, 0.3) is 0 Å². The standard InChI is InChI=1S/C15H22ClNO3S/c1-10-5-11(2)15(6-14(10)7-16)21(18,19)17-8-12(3)20-13(4)9-17/h5-6,12-13H,7-9H2,1-4H3. The SMILES string of the molecule is Cc1cc(C)c(S(=O)(=O)N2CC(C)OC(C)C2)cc1CCl. The summed E-state index contributed by atoms with van der Waals surface area (Å²) in [6.07, 6.45) is -0.191. The van der Waals surface area contributed by atoms with Gasteiger partial charge in [0.2, 0.25) is 10.0 Å². The van der Waals surface area contributed by atoms with Gasteiger partial charge in [0.15, 0.2) is 0 Å². The molecule has 1 aromatic carbocycles. The molecule has 1 fully saturated rings. The second-order valence-electron chi connectivity index (χ2n) is 5.76. The van der Waals surface area contributed by atoms with Crippen molar-refractivity contribution in [2.75, 3.05) is 13.1 Å². The van der Waals surface area contributed by atoms with E-state index in [2.05, 4.69) is 0 Å². The third kappa shape index (κ3) is 3.42. The number of rotatable bonds is 3. The van der Waals surface area contributed by atoms with Gasteiger partial charge in [-0.2, -0.15) is 4.31 Å². The molecule has 6 heteroatoms. The van der Waals surface area contributed by atoms with Crippen molar-refractivity contribution in [3.8, 4) is 0 Å². The molecule has 0 bridgehead atoms. The number of hydrogen-bond donors (Lipinski definition) is 0. The predicted octanol–water partition coefficient (Wildman–Crippen LogP) is 2.84. The van der Waals surface area contributed by atoms with E-state index in [9.17, 15) is 8.42 Å². The molecule has 1 saturated heterocycles. The summed E-state index contributed by atoms with van der Waals surface area (Å²) < 4.78 is 32.9. The molecule has 0 N–H and O–H groups in total. The van der Waals surface area contributed by atoms with Crippen LogP contribution in [-0.2, 0) is 20.6 Å². The predicted molar refractivity (Wildman–Crippen MR) is 84.2 cm³/mol. The molecule has 1 aromatic rings. The van der Waals surface area contributed by atoms with Crippen LogP contribution in [0.2, 0.25) is 0 Å². The van der Waals surface area contributed by atoms with E-state index in [0.717, 1.165) is 16.7 Å². The first-order valence-electron chi connectivity index (χ1n) is 7.07. The van der Waals surface area contributed by atoms with Crippen LogP contribution >= 0.6 is 11.6 Å². The van der Waals surface area contributed by atoms with Gasteiger partial charge in [0.05, 0.1) is 17.1 Å². The monoisotopic (exact) mass is 331 g/mol. The molecule has 0 aromatic heterocycles. The van der Waals surface area contributed by atoms with Crippen LogP contribution in [0.1, 0.15) is 30.5 Å². The van der Waals surface area contributed by atoms with Gasteiger partial charge < -0.3 is 4.74 Å². The van der Waals surface area contributed by atoms with Gasteiger partial charge in [0, 0.05) is 19.0 Å². The summed E-state index contributed by atoms with van der Waals surface area (Å²) in [6.45, 7) is 8.33. The van der Waals surface area contributed by atoms with Gasteiger partial charge in [0.1, 0.15) is 0 Å². The second-order valence-corrected chi connectivity index (χ2v) is 7.93. The van der Waals surface area contributed by atoms with Crippen LogP contribution in [0.3, 0.4) is 0 Å². The fourth-order valence-electron chi connectivity index (χ4n) is 2.76. The number of halogens is 1. The lowest BCUT2D eigenvalue weighted by Crippen LogP contribution is -2.48. The first-order chi connectivity index (χ1) is 9.75. The second kappa shape index (κ2) is 6.24. The molecule has 0 amide bonds. The van der Waals surface area contributed by atoms with Crippen molar-refractivity contribution in [1.29, 1.82) is 0 Å². The van der Waals surface area contributed by atoms with E-state index in [0.29, 0.717) is 23.9 Å². The zero-order chi connectivity index (χ0) is 15.8. The van der Waals surface area contributed by atoms with Crippen molar-refractivity contribution in [2.45, 2.75) is 50.7 Å². The van der Waals surface area contributed by atoms with Crippen LogP contribution in [0.4, 0.5) is 0 Å². The van der Waals surface area contributed by atoms with E-state index in [-0.39, 0.29) is 12.2 Å². The highest BCUT2D eigenvalue weighted by atomic mass is 35.5. The molecule has 2 rings (SSSR count). The van der Waals surface area contributed by atoms with Gasteiger partial charge in [-0.3, -0.25) is 0 Å². The highest BCUT2D eigenvalue weighted by Gasteiger charge is 2.33. The number of nitrogens with zero attached hydrogens (tertiary/aromatic N) is 1. The van der Waals surface area contributed by atoms with E-state index in [4.69, 9.17) is 16.3 Å². The Bertz CT molecular complexity index is 620. The maximum atomic E-state index is 12.9. The summed E-state index contributed by atoms with van der Waals surface area (Å²) in [5.74, 6) is 0.310. The summed E-state index contributed by atoms with van der Waals surface area (Å²) in [4.78, 5) is 0.352. The Labute approximate surface area is 132 Å². The summed E-state index contributed by atoms with van der Waals surface area (Å²) in [5.41, 5.74) is 2.63. The fraction of sp³-hybridized carbons (Fsp3) is 0.600. The Morgan fingerprint density at radius 2 is 1.76 bits per heavy atom. The summed E-state index contributed by atoms with van der Waals surface area (Å²) >= 11 is 5.91. The zero-order valence-corrected chi connectivity index (χ0v) is 14.5. The molecule has 2 atom stereocenters. The normalized spacial score (nSPS) is 24.2. The van der Waals surface area contributed by atoms with Crippen molar-refractivity contribution < 1.29 is 13.2 Å². The number of morpholine rings is 1. The zero-order valence-electron chi connectivity index (χ0n) is 12.9. The maximum Gasteiger partial charge on any atom is 0.243 e. The number of sulfonamides is 1. The van der Waals surface area contributed by atoms with Gasteiger partial charge >= 0.3 is 0 Å². The van der Waals surface area contributed by atoms with Crippen LogP contribution in [0.25, 0.3) is 0 Å². The number of benzene rings is 1.